The van der Waals surface area contributed by atoms with Gasteiger partial charge in [-0.3, -0.25) is 4.79 Å². The van der Waals surface area contributed by atoms with E-state index in [4.69, 9.17) is 28.3 Å². The molecule has 0 saturated heterocycles. The summed E-state index contributed by atoms with van der Waals surface area (Å²) in [7, 11) is 0. The first-order valence-electron chi connectivity index (χ1n) is 11.1. The number of aromatic nitrogens is 3. The van der Waals surface area contributed by atoms with Crippen molar-refractivity contribution in [3.8, 4) is 11.1 Å². The molecule has 2 aromatic carbocycles. The Morgan fingerprint density at radius 2 is 1.71 bits per heavy atom. The first kappa shape index (κ1) is 22.5. The molecule has 0 unspecified atom stereocenters. The highest BCUT2D eigenvalue weighted by atomic mass is 35.5. The lowest BCUT2D eigenvalue weighted by Crippen LogP contribution is -2.27. The number of amides is 1. The second-order valence-corrected chi connectivity index (χ2v) is 9.38. The van der Waals surface area contributed by atoms with E-state index in [1.54, 1.807) is 6.07 Å². The Morgan fingerprint density at radius 1 is 0.971 bits per heavy atom. The normalized spacial score (nSPS) is 11.4. The Kier molecular flexibility index (Phi) is 5.84. The van der Waals surface area contributed by atoms with Crippen LogP contribution in [0.2, 0.25) is 10.0 Å². The van der Waals surface area contributed by atoms with Gasteiger partial charge in [-0.15, -0.1) is 0 Å². The van der Waals surface area contributed by atoms with Crippen molar-refractivity contribution < 1.29 is 4.79 Å². The smallest absolute Gasteiger partial charge is 0.240 e. The number of rotatable bonds is 5. The lowest BCUT2D eigenvalue weighted by Gasteiger charge is -2.10. The van der Waals surface area contributed by atoms with Crippen molar-refractivity contribution in [3.63, 3.8) is 0 Å². The van der Waals surface area contributed by atoms with Crippen molar-refractivity contribution in [1.29, 1.82) is 0 Å². The topological polar surface area (TPSA) is 51.3 Å². The van der Waals surface area contributed by atoms with E-state index >= 15 is 0 Å². The number of hydrogen-bond donors (Lipinski definition) is 1. The van der Waals surface area contributed by atoms with Gasteiger partial charge < -0.3 is 9.88 Å². The number of aryl methyl sites for hydroxylation is 3. The molecule has 0 fully saturated rings. The maximum absolute atomic E-state index is 12.8. The van der Waals surface area contributed by atoms with Crippen LogP contribution in [-0.4, -0.2) is 20.1 Å². The van der Waals surface area contributed by atoms with Crippen LogP contribution >= 0.6 is 23.2 Å². The van der Waals surface area contributed by atoms with Gasteiger partial charge >= 0.3 is 0 Å². The van der Waals surface area contributed by atoms with Crippen molar-refractivity contribution in [3.05, 3.63) is 93.5 Å². The van der Waals surface area contributed by atoms with Crippen LogP contribution in [0.4, 0.5) is 0 Å². The Labute approximate surface area is 207 Å². The third-order valence-electron chi connectivity index (χ3n) is 6.34. The maximum Gasteiger partial charge on any atom is 0.240 e. The molecular formula is C27H24Cl2N4O. The molecule has 0 aliphatic heterocycles. The highest BCUT2D eigenvalue weighted by Gasteiger charge is 2.20. The maximum atomic E-state index is 12.8. The van der Waals surface area contributed by atoms with Gasteiger partial charge in [-0.25, -0.2) is 4.52 Å². The van der Waals surface area contributed by atoms with E-state index in [0.717, 1.165) is 50.1 Å². The van der Waals surface area contributed by atoms with Gasteiger partial charge in [0.1, 0.15) is 6.54 Å². The van der Waals surface area contributed by atoms with E-state index in [-0.39, 0.29) is 12.5 Å². The number of carbonyl (C=O) groups is 1. The van der Waals surface area contributed by atoms with Gasteiger partial charge in [-0.05, 0) is 44.5 Å². The molecular weight excluding hydrogens is 467 g/mol. The minimum atomic E-state index is -0.0268. The quantitative estimate of drug-likeness (QED) is 0.305. The minimum absolute atomic E-state index is 0.0268. The van der Waals surface area contributed by atoms with Crippen LogP contribution < -0.4 is 5.32 Å². The number of hydrogen-bond acceptors (Lipinski definition) is 2. The van der Waals surface area contributed by atoms with E-state index in [1.165, 1.54) is 0 Å². The third kappa shape index (κ3) is 3.95. The number of benzene rings is 2. The van der Waals surface area contributed by atoms with E-state index in [0.29, 0.717) is 16.6 Å². The molecule has 0 atom stereocenters. The van der Waals surface area contributed by atoms with Crippen LogP contribution in [-0.2, 0) is 17.9 Å². The summed E-state index contributed by atoms with van der Waals surface area (Å²) in [6, 6.07) is 17.5. The van der Waals surface area contributed by atoms with Crippen LogP contribution in [0.25, 0.3) is 27.4 Å². The minimum Gasteiger partial charge on any atom is -0.350 e. The molecule has 5 aromatic rings. The summed E-state index contributed by atoms with van der Waals surface area (Å²) < 4.78 is 3.96. The molecule has 5 nitrogen and oxygen atoms in total. The van der Waals surface area contributed by atoms with Gasteiger partial charge in [0.2, 0.25) is 5.91 Å². The highest BCUT2D eigenvalue weighted by Crippen LogP contribution is 2.36. The molecule has 0 spiro atoms. The molecule has 7 heteroatoms. The van der Waals surface area contributed by atoms with Crippen molar-refractivity contribution in [2.45, 2.75) is 33.9 Å². The van der Waals surface area contributed by atoms with E-state index in [1.807, 2.05) is 67.0 Å². The van der Waals surface area contributed by atoms with E-state index < -0.39 is 0 Å². The molecule has 34 heavy (non-hydrogen) atoms. The first-order valence-corrected chi connectivity index (χ1v) is 11.8. The standard InChI is InChI=1S/C27H24Cl2N4O/c1-16-26-17(2)32(15-25(34)30-13-19-7-5-4-6-8-19)18(3)27(26)24-11-20(14-33(24)31-16)22-10-9-21(28)12-23(22)29/h4-12,14H,13,15H2,1-3H3,(H,30,34). The molecule has 1 amide bonds. The van der Waals surface area contributed by atoms with Crippen LogP contribution in [0.3, 0.4) is 0 Å². The SMILES string of the molecule is Cc1nn2cc(-c3ccc(Cl)cc3Cl)cc2c2c(C)n(CC(=O)NCc3ccccc3)c(C)c12. The zero-order valence-electron chi connectivity index (χ0n) is 19.2. The summed E-state index contributed by atoms with van der Waals surface area (Å²) in [5.41, 5.74) is 6.89. The molecule has 3 aromatic heterocycles. The average Bonchev–Trinajstić information content (AvgIpc) is 3.33. The zero-order chi connectivity index (χ0) is 24.0. The molecule has 172 valence electrons. The Hall–Kier alpha value is -3.28. The summed E-state index contributed by atoms with van der Waals surface area (Å²) in [6.45, 7) is 6.86. The molecule has 0 aliphatic carbocycles. The van der Waals surface area contributed by atoms with Crippen LogP contribution in [0.15, 0.2) is 60.8 Å². The van der Waals surface area contributed by atoms with Crippen molar-refractivity contribution in [1.82, 2.24) is 19.5 Å². The van der Waals surface area contributed by atoms with Gasteiger partial charge in [0.05, 0.1) is 11.2 Å². The van der Waals surface area contributed by atoms with E-state index in [9.17, 15) is 4.79 Å². The fourth-order valence-electron chi connectivity index (χ4n) is 4.68. The van der Waals surface area contributed by atoms with Crippen molar-refractivity contribution >= 4 is 45.4 Å². The average molecular weight is 491 g/mol. The molecule has 5 rings (SSSR count). The van der Waals surface area contributed by atoms with Crippen LogP contribution in [0.5, 0.6) is 0 Å². The Bertz CT molecular complexity index is 1550. The molecule has 0 aliphatic rings. The predicted octanol–water partition coefficient (Wildman–Crippen LogP) is 6.50. The summed E-state index contributed by atoms with van der Waals surface area (Å²) >= 11 is 12.6. The molecule has 0 saturated carbocycles. The second kappa shape index (κ2) is 8.82. The number of halogens is 2. The van der Waals surface area contributed by atoms with Crippen LogP contribution in [0.1, 0.15) is 22.6 Å². The number of nitrogens with zero attached hydrogens (tertiary/aromatic N) is 3. The van der Waals surface area contributed by atoms with Crippen molar-refractivity contribution in [2.75, 3.05) is 0 Å². The summed E-state index contributed by atoms with van der Waals surface area (Å²) in [6.07, 6.45) is 1.98. The number of carbonyl (C=O) groups excluding carboxylic acids is 1. The largest absolute Gasteiger partial charge is 0.350 e. The number of nitrogens with one attached hydrogen (secondary N) is 1. The number of fused-ring (bicyclic) bond motifs is 3. The lowest BCUT2D eigenvalue weighted by molar-refractivity contribution is -0.121. The fourth-order valence-corrected chi connectivity index (χ4v) is 5.19. The highest BCUT2D eigenvalue weighted by molar-refractivity contribution is 6.36. The molecule has 0 radical (unpaired) electrons. The zero-order valence-corrected chi connectivity index (χ0v) is 20.7. The van der Waals surface area contributed by atoms with Gasteiger partial charge in [-0.1, -0.05) is 59.6 Å². The van der Waals surface area contributed by atoms with Gasteiger partial charge in [0.25, 0.3) is 0 Å². The fraction of sp³-hybridized carbons (Fsp3) is 0.185. The predicted molar refractivity (Wildman–Crippen MR) is 139 cm³/mol. The summed E-state index contributed by atoms with van der Waals surface area (Å²) in [4.78, 5) is 12.8. The Balaban J connectivity index is 1.54. The van der Waals surface area contributed by atoms with Gasteiger partial charge in [0.15, 0.2) is 0 Å². The van der Waals surface area contributed by atoms with Crippen molar-refractivity contribution in [2.24, 2.45) is 0 Å². The monoisotopic (exact) mass is 490 g/mol. The summed E-state index contributed by atoms with van der Waals surface area (Å²) in [5.74, 6) is -0.0268. The Morgan fingerprint density at radius 3 is 2.44 bits per heavy atom. The lowest BCUT2D eigenvalue weighted by atomic mass is 10.1. The van der Waals surface area contributed by atoms with Gasteiger partial charge in [0, 0.05) is 56.1 Å². The van der Waals surface area contributed by atoms with E-state index in [2.05, 4.69) is 22.9 Å². The first-order chi connectivity index (χ1) is 16.3. The molecule has 3 heterocycles. The third-order valence-corrected chi connectivity index (χ3v) is 6.88. The van der Waals surface area contributed by atoms with Crippen LogP contribution in [0, 0.1) is 20.8 Å². The van der Waals surface area contributed by atoms with Gasteiger partial charge in [-0.2, -0.15) is 5.10 Å². The summed E-state index contributed by atoms with van der Waals surface area (Å²) in [5, 5.41) is 11.2. The second-order valence-electron chi connectivity index (χ2n) is 8.54. The molecule has 1 N–H and O–H groups in total. The molecule has 0 bridgehead atoms.